The summed E-state index contributed by atoms with van der Waals surface area (Å²) < 4.78 is 1.87. The van der Waals surface area contributed by atoms with Crippen LogP contribution in [0.25, 0.3) is 5.65 Å². The van der Waals surface area contributed by atoms with Crippen molar-refractivity contribution in [3.8, 4) is 0 Å². The number of carbonyl (C=O) groups excluding carboxylic acids is 1. The fourth-order valence-electron chi connectivity index (χ4n) is 2.55. The van der Waals surface area contributed by atoms with Gasteiger partial charge in [0.25, 0.3) is 5.91 Å². The normalized spacial score (nSPS) is 12.3. The monoisotopic (exact) mass is 308 g/mol. The first kappa shape index (κ1) is 15.2. The molecule has 0 unspecified atom stereocenters. The van der Waals surface area contributed by atoms with E-state index in [1.54, 1.807) is 12.4 Å². The van der Waals surface area contributed by atoms with E-state index in [2.05, 4.69) is 23.8 Å². The molecule has 3 aromatic rings. The Kier molecular flexibility index (Phi) is 4.37. The van der Waals surface area contributed by atoms with E-state index in [1.807, 2.05) is 52.2 Å². The molecule has 3 aromatic heterocycles. The average molecular weight is 308 g/mol. The molecule has 0 aliphatic heterocycles. The molecule has 3 heterocycles. The zero-order valence-corrected chi connectivity index (χ0v) is 13.4. The molecule has 0 aliphatic rings. The molecule has 5 heteroatoms. The minimum absolute atomic E-state index is 0.0267. The Morgan fingerprint density at radius 2 is 2.17 bits per heavy atom. The molecular weight excluding hydrogens is 288 g/mol. The number of hydrogen-bond donors (Lipinski definition) is 0. The summed E-state index contributed by atoms with van der Waals surface area (Å²) >= 11 is 0. The summed E-state index contributed by atoms with van der Waals surface area (Å²) in [6, 6.07) is 7.75. The zero-order valence-electron chi connectivity index (χ0n) is 13.4. The van der Waals surface area contributed by atoms with E-state index < -0.39 is 0 Å². The van der Waals surface area contributed by atoms with Crippen molar-refractivity contribution in [2.24, 2.45) is 0 Å². The van der Waals surface area contributed by atoms with Gasteiger partial charge in [-0.05, 0) is 37.1 Å². The number of carbonyl (C=O) groups is 1. The lowest BCUT2D eigenvalue weighted by Crippen LogP contribution is -2.37. The van der Waals surface area contributed by atoms with E-state index in [0.717, 1.165) is 17.6 Å². The third kappa shape index (κ3) is 3.23. The summed E-state index contributed by atoms with van der Waals surface area (Å²) in [4.78, 5) is 23.2. The number of hydrogen-bond acceptors (Lipinski definition) is 3. The van der Waals surface area contributed by atoms with Crippen LogP contribution in [-0.2, 0) is 6.54 Å². The van der Waals surface area contributed by atoms with Gasteiger partial charge in [0.05, 0.1) is 5.56 Å². The molecule has 0 saturated carbocycles. The van der Waals surface area contributed by atoms with Gasteiger partial charge in [-0.15, -0.1) is 0 Å². The summed E-state index contributed by atoms with van der Waals surface area (Å²) in [6.45, 7) is 4.72. The standard InChI is InChI=1S/C18H20N4O/c1-3-14(2)22(12-15-5-4-8-19-11-15)18(23)16-6-7-17-20-9-10-21(17)13-16/h4-11,13-14H,3,12H2,1-2H3/t14-/m1/s1. The number of imidazole rings is 1. The lowest BCUT2D eigenvalue weighted by Gasteiger charge is -2.28. The van der Waals surface area contributed by atoms with Gasteiger partial charge < -0.3 is 9.30 Å². The minimum atomic E-state index is 0.0267. The first-order valence-electron chi connectivity index (χ1n) is 7.81. The number of fused-ring (bicyclic) bond motifs is 1. The molecule has 1 amide bonds. The van der Waals surface area contributed by atoms with Crippen molar-refractivity contribution in [2.45, 2.75) is 32.9 Å². The number of rotatable bonds is 5. The molecule has 0 N–H and O–H groups in total. The number of pyridine rings is 2. The van der Waals surface area contributed by atoms with E-state index >= 15 is 0 Å². The molecule has 0 bridgehead atoms. The number of aromatic nitrogens is 3. The molecule has 0 saturated heterocycles. The van der Waals surface area contributed by atoms with Crippen LogP contribution >= 0.6 is 0 Å². The Morgan fingerprint density at radius 1 is 1.30 bits per heavy atom. The van der Waals surface area contributed by atoms with Gasteiger partial charge in [0, 0.05) is 43.6 Å². The Hall–Kier alpha value is -2.69. The molecule has 0 spiro atoms. The summed E-state index contributed by atoms with van der Waals surface area (Å²) in [6.07, 6.45) is 9.86. The van der Waals surface area contributed by atoms with Crippen LogP contribution < -0.4 is 0 Å². The lowest BCUT2D eigenvalue weighted by molar-refractivity contribution is 0.0671. The second-order valence-electron chi connectivity index (χ2n) is 5.66. The molecule has 1 atom stereocenters. The first-order chi connectivity index (χ1) is 11.2. The first-order valence-corrected chi connectivity index (χ1v) is 7.81. The van der Waals surface area contributed by atoms with E-state index in [1.165, 1.54) is 0 Å². The molecule has 0 radical (unpaired) electrons. The van der Waals surface area contributed by atoms with Crippen molar-refractivity contribution >= 4 is 11.6 Å². The quantitative estimate of drug-likeness (QED) is 0.727. The van der Waals surface area contributed by atoms with Crippen molar-refractivity contribution < 1.29 is 4.79 Å². The Morgan fingerprint density at radius 3 is 2.91 bits per heavy atom. The van der Waals surface area contributed by atoms with E-state index in [4.69, 9.17) is 0 Å². The van der Waals surface area contributed by atoms with Crippen LogP contribution in [0.1, 0.15) is 36.2 Å². The van der Waals surface area contributed by atoms with Gasteiger partial charge in [0.2, 0.25) is 0 Å². The van der Waals surface area contributed by atoms with Gasteiger partial charge in [-0.2, -0.15) is 0 Å². The highest BCUT2D eigenvalue weighted by atomic mass is 16.2. The van der Waals surface area contributed by atoms with Gasteiger partial charge in [-0.25, -0.2) is 4.98 Å². The van der Waals surface area contributed by atoms with Crippen molar-refractivity contribution in [1.29, 1.82) is 0 Å². The molecule has 23 heavy (non-hydrogen) atoms. The topological polar surface area (TPSA) is 50.5 Å². The maximum atomic E-state index is 13.0. The Bertz CT molecular complexity index is 797. The molecule has 5 nitrogen and oxygen atoms in total. The smallest absolute Gasteiger partial charge is 0.255 e. The largest absolute Gasteiger partial charge is 0.332 e. The third-order valence-corrected chi connectivity index (χ3v) is 4.10. The highest BCUT2D eigenvalue weighted by molar-refractivity contribution is 5.94. The van der Waals surface area contributed by atoms with Crippen LogP contribution in [0.15, 0.2) is 55.2 Å². The fourth-order valence-corrected chi connectivity index (χ4v) is 2.55. The molecule has 118 valence electrons. The summed E-state index contributed by atoms with van der Waals surface area (Å²) in [5, 5.41) is 0. The maximum absolute atomic E-state index is 13.0. The van der Waals surface area contributed by atoms with Crippen LogP contribution in [0.5, 0.6) is 0 Å². The van der Waals surface area contributed by atoms with Crippen LogP contribution in [0.3, 0.4) is 0 Å². The molecule has 0 aromatic carbocycles. The van der Waals surface area contributed by atoms with Gasteiger partial charge in [-0.1, -0.05) is 13.0 Å². The Balaban J connectivity index is 1.90. The van der Waals surface area contributed by atoms with Crippen molar-refractivity contribution in [1.82, 2.24) is 19.3 Å². The second kappa shape index (κ2) is 6.60. The van der Waals surface area contributed by atoms with Crippen LogP contribution in [0.2, 0.25) is 0 Å². The predicted octanol–water partition coefficient (Wildman–Crippen LogP) is 3.17. The van der Waals surface area contributed by atoms with Gasteiger partial charge in [-0.3, -0.25) is 9.78 Å². The van der Waals surface area contributed by atoms with Crippen molar-refractivity contribution in [3.05, 3.63) is 66.4 Å². The third-order valence-electron chi connectivity index (χ3n) is 4.10. The average Bonchev–Trinajstić information content (AvgIpc) is 3.07. The minimum Gasteiger partial charge on any atom is -0.332 e. The molecular formula is C18H20N4O. The van der Waals surface area contributed by atoms with E-state index in [-0.39, 0.29) is 11.9 Å². The lowest BCUT2D eigenvalue weighted by atomic mass is 10.1. The predicted molar refractivity (Wildman–Crippen MR) is 89.1 cm³/mol. The number of amides is 1. The van der Waals surface area contributed by atoms with Gasteiger partial charge in [0.1, 0.15) is 5.65 Å². The summed E-state index contributed by atoms with van der Waals surface area (Å²) in [5.41, 5.74) is 2.54. The zero-order chi connectivity index (χ0) is 16.2. The molecule has 0 aliphatic carbocycles. The van der Waals surface area contributed by atoms with Crippen LogP contribution in [0.4, 0.5) is 0 Å². The van der Waals surface area contributed by atoms with Gasteiger partial charge >= 0.3 is 0 Å². The van der Waals surface area contributed by atoms with Crippen molar-refractivity contribution in [2.75, 3.05) is 0 Å². The summed E-state index contributed by atoms with van der Waals surface area (Å²) in [7, 11) is 0. The second-order valence-corrected chi connectivity index (χ2v) is 5.66. The van der Waals surface area contributed by atoms with E-state index in [9.17, 15) is 4.79 Å². The fraction of sp³-hybridized carbons (Fsp3) is 0.278. The Labute approximate surface area is 135 Å². The summed E-state index contributed by atoms with van der Waals surface area (Å²) in [5.74, 6) is 0.0267. The molecule has 3 rings (SSSR count). The van der Waals surface area contributed by atoms with E-state index in [0.29, 0.717) is 12.1 Å². The number of nitrogens with zero attached hydrogens (tertiary/aromatic N) is 4. The van der Waals surface area contributed by atoms with Gasteiger partial charge in [0.15, 0.2) is 0 Å². The van der Waals surface area contributed by atoms with Crippen molar-refractivity contribution in [3.63, 3.8) is 0 Å². The van der Waals surface area contributed by atoms with Crippen LogP contribution in [0, 0.1) is 0 Å². The van der Waals surface area contributed by atoms with Crippen LogP contribution in [-0.4, -0.2) is 31.2 Å². The molecule has 0 fully saturated rings. The maximum Gasteiger partial charge on any atom is 0.255 e. The highest BCUT2D eigenvalue weighted by Gasteiger charge is 2.21. The highest BCUT2D eigenvalue weighted by Crippen LogP contribution is 2.15. The SMILES string of the molecule is CC[C@@H](C)N(Cc1cccnc1)C(=O)c1ccc2nccn2c1.